The van der Waals surface area contributed by atoms with Crippen molar-refractivity contribution in [1.82, 2.24) is 29.1 Å². The van der Waals surface area contributed by atoms with E-state index in [-0.39, 0.29) is 20.9 Å². The first-order valence-electron chi connectivity index (χ1n) is 15.1. The predicted octanol–water partition coefficient (Wildman–Crippen LogP) is 7.09. The number of carboxylic acid groups (broad SMARTS) is 4. The van der Waals surface area contributed by atoms with E-state index in [0.717, 1.165) is 22.7 Å². The molecular formula is C36H22N6O8S2. The van der Waals surface area contributed by atoms with E-state index < -0.39 is 23.9 Å². The molecule has 4 heterocycles. The van der Waals surface area contributed by atoms with E-state index in [4.69, 9.17) is 0 Å². The van der Waals surface area contributed by atoms with Crippen molar-refractivity contribution in [2.45, 2.75) is 0 Å². The molecule has 0 bridgehead atoms. The van der Waals surface area contributed by atoms with Gasteiger partial charge in [-0.25, -0.2) is 39.1 Å². The van der Waals surface area contributed by atoms with Gasteiger partial charge in [-0.2, -0.15) is 0 Å². The first-order valence-corrected chi connectivity index (χ1v) is 16.7. The molecule has 0 atom stereocenters. The molecule has 0 amide bonds. The van der Waals surface area contributed by atoms with Crippen LogP contribution in [-0.2, 0) is 0 Å². The lowest BCUT2D eigenvalue weighted by molar-refractivity contribution is 0.0688. The third kappa shape index (κ3) is 6.14. The van der Waals surface area contributed by atoms with E-state index in [9.17, 15) is 39.6 Å². The Balaban J connectivity index is 0.000000162. The van der Waals surface area contributed by atoms with Crippen LogP contribution in [0.15, 0.2) is 110 Å². The van der Waals surface area contributed by atoms with Gasteiger partial charge in [-0.1, -0.05) is 95.5 Å². The highest BCUT2D eigenvalue weighted by Gasteiger charge is 2.23. The molecule has 0 radical (unpaired) electrons. The summed E-state index contributed by atoms with van der Waals surface area (Å²) in [5, 5.41) is 38.6. The molecule has 0 aliphatic carbocycles. The van der Waals surface area contributed by atoms with Crippen LogP contribution < -0.4 is 0 Å². The summed E-state index contributed by atoms with van der Waals surface area (Å²) in [7, 11) is 0. The average Bonchev–Trinajstić information content (AvgIpc) is 3.96. The van der Waals surface area contributed by atoms with Crippen LogP contribution in [0, 0.1) is 0 Å². The molecule has 4 aromatic carbocycles. The van der Waals surface area contributed by atoms with Gasteiger partial charge in [0.25, 0.3) is 0 Å². The van der Waals surface area contributed by atoms with E-state index in [2.05, 4.69) is 19.9 Å². The number of carboxylic acids is 4. The molecule has 0 unspecified atom stereocenters. The number of fused-ring (bicyclic) bond motifs is 2. The zero-order valence-corrected chi connectivity index (χ0v) is 27.9. The SMILES string of the molecule is O=C(O)c1sc(-n2cnc3c(C(=O)O)cccc32)nc1-c1ccccc1.O=C(O)c1sc(-n2cnc3cccc(C(=O)O)c32)nc1-c1ccccc1. The van der Waals surface area contributed by atoms with Crippen LogP contribution in [0.3, 0.4) is 0 Å². The van der Waals surface area contributed by atoms with Gasteiger partial charge in [0.15, 0.2) is 10.3 Å². The number of imidazole rings is 2. The van der Waals surface area contributed by atoms with Crippen molar-refractivity contribution in [2.24, 2.45) is 0 Å². The molecule has 0 saturated heterocycles. The fourth-order valence-corrected chi connectivity index (χ4v) is 7.26. The minimum Gasteiger partial charge on any atom is -0.478 e. The smallest absolute Gasteiger partial charge is 0.348 e. The number of benzene rings is 4. The topological polar surface area (TPSA) is 211 Å². The molecule has 0 spiro atoms. The fourth-order valence-electron chi connectivity index (χ4n) is 5.45. The van der Waals surface area contributed by atoms with Gasteiger partial charge in [0.05, 0.1) is 39.1 Å². The summed E-state index contributed by atoms with van der Waals surface area (Å²) in [5.41, 5.74) is 4.00. The Morgan fingerprint density at radius 1 is 0.519 bits per heavy atom. The normalized spacial score (nSPS) is 10.9. The zero-order chi connectivity index (χ0) is 36.5. The summed E-state index contributed by atoms with van der Waals surface area (Å²) in [6.45, 7) is 0. The number of para-hydroxylation sites is 2. The number of aromatic nitrogens is 6. The lowest BCUT2D eigenvalue weighted by Crippen LogP contribution is -2.01. The second kappa shape index (κ2) is 13.7. The van der Waals surface area contributed by atoms with E-state index in [1.165, 1.54) is 29.4 Å². The maximum Gasteiger partial charge on any atom is 0.348 e. The zero-order valence-electron chi connectivity index (χ0n) is 26.3. The Morgan fingerprint density at radius 2 is 1.02 bits per heavy atom. The van der Waals surface area contributed by atoms with Crippen LogP contribution >= 0.6 is 22.7 Å². The third-order valence-electron chi connectivity index (χ3n) is 7.73. The maximum atomic E-state index is 11.7. The molecule has 8 aromatic rings. The van der Waals surface area contributed by atoms with Gasteiger partial charge in [-0.15, -0.1) is 0 Å². The summed E-state index contributed by atoms with van der Waals surface area (Å²) in [4.78, 5) is 63.7. The molecule has 16 heteroatoms. The van der Waals surface area contributed by atoms with E-state index >= 15 is 0 Å². The average molecular weight is 731 g/mol. The van der Waals surface area contributed by atoms with Crippen molar-refractivity contribution in [3.8, 4) is 32.8 Å². The van der Waals surface area contributed by atoms with Crippen LogP contribution in [-0.4, -0.2) is 73.4 Å². The summed E-state index contributed by atoms with van der Waals surface area (Å²) < 4.78 is 3.12. The van der Waals surface area contributed by atoms with Gasteiger partial charge in [-0.05, 0) is 24.3 Å². The lowest BCUT2D eigenvalue weighted by atomic mass is 10.1. The highest BCUT2D eigenvalue weighted by molar-refractivity contribution is 7.16. The van der Waals surface area contributed by atoms with Crippen molar-refractivity contribution in [3.05, 3.63) is 131 Å². The summed E-state index contributed by atoms with van der Waals surface area (Å²) in [5.74, 6) is -4.31. The first-order chi connectivity index (χ1) is 25.1. The third-order valence-corrected chi connectivity index (χ3v) is 9.82. The maximum absolute atomic E-state index is 11.7. The molecular weight excluding hydrogens is 709 g/mol. The van der Waals surface area contributed by atoms with Crippen LogP contribution in [0.4, 0.5) is 0 Å². The molecule has 0 aliphatic rings. The Kier molecular flexibility index (Phi) is 8.81. The number of hydrogen-bond acceptors (Lipinski definition) is 10. The minimum atomic E-state index is -1.09. The van der Waals surface area contributed by atoms with Crippen molar-refractivity contribution >= 4 is 68.6 Å². The Morgan fingerprint density at radius 3 is 1.56 bits per heavy atom. The number of thiazole rings is 2. The fraction of sp³-hybridized carbons (Fsp3) is 0. The summed E-state index contributed by atoms with van der Waals surface area (Å²) in [6.07, 6.45) is 2.91. The van der Waals surface area contributed by atoms with Crippen molar-refractivity contribution in [1.29, 1.82) is 0 Å². The van der Waals surface area contributed by atoms with E-state index in [0.29, 0.717) is 54.8 Å². The highest BCUT2D eigenvalue weighted by atomic mass is 32.1. The largest absolute Gasteiger partial charge is 0.478 e. The second-order valence-electron chi connectivity index (χ2n) is 10.9. The Bertz CT molecular complexity index is 2660. The molecule has 14 nitrogen and oxygen atoms in total. The summed E-state index contributed by atoms with van der Waals surface area (Å²) >= 11 is 1.99. The van der Waals surface area contributed by atoms with Crippen molar-refractivity contribution in [3.63, 3.8) is 0 Å². The molecule has 8 rings (SSSR count). The monoisotopic (exact) mass is 730 g/mol. The van der Waals surface area contributed by atoms with Gasteiger partial charge in [-0.3, -0.25) is 9.13 Å². The number of nitrogens with zero attached hydrogens (tertiary/aromatic N) is 6. The van der Waals surface area contributed by atoms with Crippen LogP contribution in [0.2, 0.25) is 0 Å². The summed E-state index contributed by atoms with van der Waals surface area (Å²) in [6, 6.07) is 27.6. The molecule has 4 aromatic heterocycles. The molecule has 0 fully saturated rings. The highest BCUT2D eigenvalue weighted by Crippen LogP contribution is 2.34. The van der Waals surface area contributed by atoms with Crippen LogP contribution in [0.25, 0.3) is 54.8 Å². The minimum absolute atomic E-state index is 0.0772. The van der Waals surface area contributed by atoms with Gasteiger partial charge < -0.3 is 20.4 Å². The molecule has 256 valence electrons. The molecule has 4 N–H and O–H groups in total. The Labute approximate surface area is 299 Å². The van der Waals surface area contributed by atoms with E-state index in [1.807, 2.05) is 24.3 Å². The lowest BCUT2D eigenvalue weighted by Gasteiger charge is -2.02. The van der Waals surface area contributed by atoms with Gasteiger partial charge >= 0.3 is 23.9 Å². The Hall–Kier alpha value is -7.04. The van der Waals surface area contributed by atoms with Crippen LogP contribution in [0.1, 0.15) is 40.1 Å². The van der Waals surface area contributed by atoms with E-state index in [1.54, 1.807) is 65.2 Å². The van der Waals surface area contributed by atoms with Crippen molar-refractivity contribution < 1.29 is 39.6 Å². The van der Waals surface area contributed by atoms with Gasteiger partial charge in [0, 0.05) is 11.1 Å². The number of hydrogen-bond donors (Lipinski definition) is 4. The van der Waals surface area contributed by atoms with Crippen molar-refractivity contribution in [2.75, 3.05) is 0 Å². The number of carbonyl (C=O) groups is 4. The second-order valence-corrected chi connectivity index (χ2v) is 12.8. The predicted molar refractivity (Wildman–Crippen MR) is 192 cm³/mol. The first kappa shape index (κ1) is 33.5. The number of aromatic carboxylic acids is 4. The van der Waals surface area contributed by atoms with Gasteiger partial charge in [0.1, 0.15) is 27.9 Å². The molecule has 0 saturated carbocycles. The van der Waals surface area contributed by atoms with Crippen LogP contribution in [0.5, 0.6) is 0 Å². The quantitative estimate of drug-likeness (QED) is 0.123. The molecule has 52 heavy (non-hydrogen) atoms. The number of rotatable bonds is 8. The standard InChI is InChI=1S/2C18H11N3O4S/c22-16(23)11-7-4-8-12-14(11)19-9-21(12)18-20-13(15(26-18)17(24)25)10-5-2-1-3-6-10;22-16(23)11-7-4-8-12-14(11)21(9-19-12)18-20-13(15(26-18)17(24)25)10-5-2-1-3-6-10/h2*1-9H,(H,22,23)(H,24,25). The van der Waals surface area contributed by atoms with Gasteiger partial charge in [0.2, 0.25) is 0 Å². The molecule has 0 aliphatic heterocycles.